The first kappa shape index (κ1) is 18.0. The third-order valence-electron chi connectivity index (χ3n) is 3.75. The maximum atomic E-state index is 12.4. The smallest absolute Gasteiger partial charge is 0.356 e. The molecule has 0 aromatic carbocycles. The van der Waals surface area contributed by atoms with E-state index >= 15 is 0 Å². The molecule has 0 bridgehead atoms. The summed E-state index contributed by atoms with van der Waals surface area (Å²) < 4.78 is 5.02. The number of carbonyl (C=O) groups is 3. The van der Waals surface area contributed by atoms with Crippen LogP contribution in [0.15, 0.2) is 22.0 Å². The molecule has 0 radical (unpaired) electrons. The van der Waals surface area contributed by atoms with Gasteiger partial charge in [0.05, 0.1) is 12.9 Å². The number of amides is 2. The van der Waals surface area contributed by atoms with E-state index in [4.69, 9.17) is 15.7 Å². The molecule has 5 N–H and O–H groups in total. The van der Waals surface area contributed by atoms with Gasteiger partial charge >= 0.3 is 5.97 Å². The number of nitrogen functional groups attached to an aromatic ring is 1. The lowest BCUT2D eigenvalue weighted by Crippen LogP contribution is -2.71. The molecule has 2 atom stereocenters. The van der Waals surface area contributed by atoms with Crippen LogP contribution in [0.5, 0.6) is 0 Å². The predicted molar refractivity (Wildman–Crippen MR) is 91.5 cm³/mol. The van der Waals surface area contributed by atoms with Crippen LogP contribution in [0.1, 0.15) is 5.69 Å². The number of hydrogen-bond donors (Lipinski definition) is 4. The Balaban J connectivity index is 1.77. The number of nitrogens with one attached hydrogen (secondary N) is 1. The Hall–Kier alpha value is -2.80. The highest BCUT2D eigenvalue weighted by molar-refractivity contribution is 8.00. The van der Waals surface area contributed by atoms with Gasteiger partial charge in [-0.1, -0.05) is 5.16 Å². The van der Waals surface area contributed by atoms with E-state index in [-0.39, 0.29) is 28.0 Å². The van der Waals surface area contributed by atoms with Crippen LogP contribution < -0.4 is 11.1 Å². The molecular formula is C13H13N5O6S2. The normalized spacial score (nSPS) is 22.6. The van der Waals surface area contributed by atoms with Gasteiger partial charge in [-0.3, -0.25) is 14.5 Å². The van der Waals surface area contributed by atoms with Crippen LogP contribution in [0.3, 0.4) is 0 Å². The monoisotopic (exact) mass is 399 g/mol. The number of oxime groups is 1. The average Bonchev–Trinajstić information content (AvgIpc) is 3.04. The Morgan fingerprint density at radius 1 is 1.54 bits per heavy atom. The molecule has 3 heterocycles. The van der Waals surface area contributed by atoms with Crippen LogP contribution in [0.4, 0.5) is 5.13 Å². The maximum absolute atomic E-state index is 12.4. The average molecular weight is 399 g/mol. The molecule has 13 heteroatoms. The maximum Gasteiger partial charge on any atom is 0.356 e. The van der Waals surface area contributed by atoms with Crippen molar-refractivity contribution in [1.82, 2.24) is 15.2 Å². The number of ether oxygens (including phenoxy) is 1. The zero-order valence-corrected chi connectivity index (χ0v) is 14.8. The number of carboxylic acids is 1. The highest BCUT2D eigenvalue weighted by Gasteiger charge is 2.55. The lowest BCUT2D eigenvalue weighted by molar-refractivity contribution is -0.150. The third-order valence-corrected chi connectivity index (χ3v) is 5.68. The van der Waals surface area contributed by atoms with E-state index in [1.807, 2.05) is 0 Å². The zero-order chi connectivity index (χ0) is 19.0. The number of β-lactam (4-membered cyclic amide) rings is 1. The van der Waals surface area contributed by atoms with Crippen molar-refractivity contribution < 1.29 is 29.4 Å². The van der Waals surface area contributed by atoms with Crippen LogP contribution in [0, 0.1) is 0 Å². The number of carbonyl (C=O) groups excluding carboxylic acids is 2. The van der Waals surface area contributed by atoms with Crippen LogP contribution >= 0.6 is 23.1 Å². The van der Waals surface area contributed by atoms with Crippen molar-refractivity contribution in [3.8, 4) is 0 Å². The van der Waals surface area contributed by atoms with E-state index in [0.717, 1.165) is 16.2 Å². The fraction of sp³-hybridized carbons (Fsp3) is 0.308. The topological polar surface area (TPSA) is 167 Å². The van der Waals surface area contributed by atoms with Crippen molar-refractivity contribution in [2.75, 3.05) is 18.6 Å². The number of carboxylic acid groups (broad SMARTS) is 1. The summed E-state index contributed by atoms with van der Waals surface area (Å²) in [7, 11) is 1.33. The van der Waals surface area contributed by atoms with E-state index in [1.54, 1.807) is 0 Å². The third kappa shape index (κ3) is 2.84. The lowest BCUT2D eigenvalue weighted by atomic mass is 10.0. The summed E-state index contributed by atoms with van der Waals surface area (Å²) in [6, 6.07) is -0.965. The second-order valence-corrected chi connectivity index (χ2v) is 7.16. The molecule has 2 aliphatic heterocycles. The minimum Gasteiger partial charge on any atom is -0.498 e. The van der Waals surface area contributed by atoms with Gasteiger partial charge in [0.25, 0.3) is 11.8 Å². The van der Waals surface area contributed by atoms with Gasteiger partial charge in [0.1, 0.15) is 22.9 Å². The van der Waals surface area contributed by atoms with Crippen molar-refractivity contribution in [3.63, 3.8) is 0 Å². The van der Waals surface area contributed by atoms with Gasteiger partial charge in [-0.05, 0) is 0 Å². The van der Waals surface area contributed by atoms with Crippen molar-refractivity contribution in [1.29, 1.82) is 0 Å². The number of nitrogens with zero attached hydrogens (tertiary/aromatic N) is 3. The van der Waals surface area contributed by atoms with E-state index in [1.165, 1.54) is 24.3 Å². The van der Waals surface area contributed by atoms with Gasteiger partial charge in [0, 0.05) is 5.38 Å². The molecular weight excluding hydrogens is 386 g/mol. The van der Waals surface area contributed by atoms with E-state index in [9.17, 15) is 19.5 Å². The van der Waals surface area contributed by atoms with Gasteiger partial charge in [0.15, 0.2) is 16.5 Å². The first-order valence-corrected chi connectivity index (χ1v) is 9.01. The molecule has 2 amide bonds. The van der Waals surface area contributed by atoms with Gasteiger partial charge in [-0.2, -0.15) is 0 Å². The molecule has 0 spiro atoms. The summed E-state index contributed by atoms with van der Waals surface area (Å²) in [6.07, 6.45) is 0. The predicted octanol–water partition coefficient (Wildman–Crippen LogP) is -0.754. The number of nitrogens with two attached hydrogens (primary N) is 1. The minimum absolute atomic E-state index is 0.0696. The number of anilines is 1. The fourth-order valence-electron chi connectivity index (χ4n) is 2.57. The number of thioether (sulfide) groups is 1. The summed E-state index contributed by atoms with van der Waals surface area (Å²) in [5.41, 5.74) is 4.93. The van der Waals surface area contributed by atoms with Gasteiger partial charge in [0.2, 0.25) is 0 Å². The Morgan fingerprint density at radius 2 is 2.27 bits per heavy atom. The number of aromatic nitrogens is 1. The number of methoxy groups -OCH3 is 1. The summed E-state index contributed by atoms with van der Waals surface area (Å²) in [6.45, 7) is 0. The molecule has 0 unspecified atom stereocenters. The first-order chi connectivity index (χ1) is 12.4. The summed E-state index contributed by atoms with van der Waals surface area (Å²) in [5, 5.41) is 24.8. The quantitative estimate of drug-likeness (QED) is 0.215. The van der Waals surface area contributed by atoms with E-state index < -0.39 is 34.9 Å². The largest absolute Gasteiger partial charge is 0.498 e. The second-order valence-electron chi connectivity index (χ2n) is 5.16. The summed E-state index contributed by atoms with van der Waals surface area (Å²) in [5.74, 6) is -2.30. The Kier molecular flexibility index (Phi) is 4.73. The molecule has 138 valence electrons. The fourth-order valence-corrected chi connectivity index (χ4v) is 4.43. The molecule has 0 saturated carbocycles. The van der Waals surface area contributed by atoms with Crippen molar-refractivity contribution in [2.24, 2.45) is 5.16 Å². The van der Waals surface area contributed by atoms with Crippen molar-refractivity contribution in [2.45, 2.75) is 11.4 Å². The highest BCUT2D eigenvalue weighted by atomic mass is 32.2. The van der Waals surface area contributed by atoms with Crippen LogP contribution in [0.25, 0.3) is 0 Å². The van der Waals surface area contributed by atoms with E-state index in [0.29, 0.717) is 0 Å². The SMILES string of the molecule is COC1=C(C(=O)O)N2C(=O)[C@@H](NC(=O)/C(=N/O)c3csc(N)n3)[C@H]2SC1. The molecule has 2 aliphatic rings. The molecule has 1 aromatic heterocycles. The molecule has 1 saturated heterocycles. The molecule has 1 aromatic rings. The van der Waals surface area contributed by atoms with Crippen LogP contribution in [-0.4, -0.2) is 68.0 Å². The standard InChI is InChI=1S/C13H13N5O6S2/c1-24-5-3-25-11-7(10(20)18(11)8(5)12(21)22)16-9(19)6(17-23)4-2-26-13(14)15-4/h2,7,11,23H,3H2,1H3,(H2,14,15)(H,16,19)(H,21,22)/b17-6+/t7-,11-/m1/s1. The Morgan fingerprint density at radius 3 is 2.81 bits per heavy atom. The number of rotatable bonds is 5. The number of aliphatic carboxylic acids is 1. The first-order valence-electron chi connectivity index (χ1n) is 7.08. The Labute approximate surface area is 154 Å². The second kappa shape index (κ2) is 6.84. The Bertz CT molecular complexity index is 850. The molecule has 11 nitrogen and oxygen atoms in total. The lowest BCUT2D eigenvalue weighted by Gasteiger charge is -2.48. The minimum atomic E-state index is -1.29. The highest BCUT2D eigenvalue weighted by Crippen LogP contribution is 2.40. The molecule has 0 aliphatic carbocycles. The van der Waals surface area contributed by atoms with Gasteiger partial charge < -0.3 is 26.1 Å². The van der Waals surface area contributed by atoms with Gasteiger partial charge in [-0.25, -0.2) is 9.78 Å². The molecule has 3 rings (SSSR count). The van der Waals surface area contributed by atoms with Crippen LogP contribution in [-0.2, 0) is 19.1 Å². The van der Waals surface area contributed by atoms with Crippen molar-refractivity contribution in [3.05, 3.63) is 22.5 Å². The van der Waals surface area contributed by atoms with Crippen molar-refractivity contribution >= 4 is 51.7 Å². The number of hydrogen-bond acceptors (Lipinski definition) is 10. The molecule has 1 fully saturated rings. The van der Waals surface area contributed by atoms with Gasteiger partial charge in [-0.15, -0.1) is 23.1 Å². The number of thiazole rings is 1. The zero-order valence-electron chi connectivity index (χ0n) is 13.2. The van der Waals surface area contributed by atoms with E-state index in [2.05, 4.69) is 15.5 Å². The summed E-state index contributed by atoms with van der Waals surface area (Å²) >= 11 is 2.31. The molecule has 26 heavy (non-hydrogen) atoms. The number of fused-ring (bicyclic) bond motifs is 1. The summed E-state index contributed by atoms with van der Waals surface area (Å²) in [4.78, 5) is 41.1. The van der Waals surface area contributed by atoms with Crippen LogP contribution in [0.2, 0.25) is 0 Å².